The first-order valence-electron chi connectivity index (χ1n) is 5.23. The molecule has 0 aliphatic heterocycles. The van der Waals surface area contributed by atoms with Gasteiger partial charge in [-0.25, -0.2) is 0 Å². The molecule has 1 unspecified atom stereocenters. The number of hydrogen-bond acceptors (Lipinski definition) is 3. The number of aromatic nitrogens is 2. The minimum Gasteiger partial charge on any atom is -0.276 e. The van der Waals surface area contributed by atoms with Crippen molar-refractivity contribution in [3.8, 4) is 0 Å². The molecule has 3 N–H and O–H groups in total. The molecule has 14 heavy (non-hydrogen) atoms. The molecule has 1 atom stereocenters. The van der Waals surface area contributed by atoms with Crippen LogP contribution in [0.25, 0.3) is 0 Å². The Labute approximate surface area is 84.4 Å². The van der Waals surface area contributed by atoms with Crippen LogP contribution in [0.5, 0.6) is 0 Å². The molecule has 0 bridgehead atoms. The summed E-state index contributed by atoms with van der Waals surface area (Å²) in [6.45, 7) is 0. The lowest BCUT2D eigenvalue weighted by molar-refractivity contribution is 0.228. The van der Waals surface area contributed by atoms with Crippen molar-refractivity contribution in [1.82, 2.24) is 15.2 Å². The molecule has 0 spiro atoms. The number of hydrogen-bond donors (Lipinski definition) is 2. The van der Waals surface area contributed by atoms with E-state index < -0.39 is 0 Å². The summed E-state index contributed by atoms with van der Waals surface area (Å²) in [7, 11) is 1.94. The van der Waals surface area contributed by atoms with E-state index in [4.69, 9.17) is 5.84 Å². The Morgan fingerprint density at radius 3 is 2.93 bits per heavy atom. The number of hydrazine groups is 1. The predicted molar refractivity (Wildman–Crippen MR) is 55.4 cm³/mol. The number of rotatable bonds is 4. The Morgan fingerprint density at radius 1 is 1.71 bits per heavy atom. The van der Waals surface area contributed by atoms with Gasteiger partial charge >= 0.3 is 0 Å². The summed E-state index contributed by atoms with van der Waals surface area (Å²) in [5.41, 5.74) is 4.19. The van der Waals surface area contributed by atoms with Crippen LogP contribution in [0.4, 0.5) is 0 Å². The lowest BCUT2D eigenvalue weighted by Crippen LogP contribution is -2.44. The van der Waals surface area contributed by atoms with Crippen LogP contribution in [0.3, 0.4) is 0 Å². The summed E-state index contributed by atoms with van der Waals surface area (Å²) in [6, 6.07) is 0.424. The summed E-state index contributed by atoms with van der Waals surface area (Å²) in [5.74, 6) is 6.32. The zero-order chi connectivity index (χ0) is 9.97. The van der Waals surface area contributed by atoms with Crippen molar-refractivity contribution in [2.75, 3.05) is 0 Å². The van der Waals surface area contributed by atoms with E-state index in [2.05, 4.69) is 16.7 Å². The Bertz CT molecular complexity index is 290. The summed E-state index contributed by atoms with van der Waals surface area (Å²) in [4.78, 5) is 0. The first-order chi connectivity index (χ1) is 6.79. The molecule has 4 heteroatoms. The summed E-state index contributed by atoms with van der Waals surface area (Å²) >= 11 is 0. The fourth-order valence-corrected chi connectivity index (χ4v) is 2.04. The van der Waals surface area contributed by atoms with Crippen molar-refractivity contribution in [2.24, 2.45) is 18.8 Å². The van der Waals surface area contributed by atoms with Gasteiger partial charge in [-0.1, -0.05) is 6.42 Å². The summed E-state index contributed by atoms with van der Waals surface area (Å²) in [5, 5.41) is 4.16. The van der Waals surface area contributed by atoms with Gasteiger partial charge in [0.2, 0.25) is 0 Å². The van der Waals surface area contributed by atoms with E-state index in [1.807, 2.05) is 17.9 Å². The highest BCUT2D eigenvalue weighted by Gasteiger charge is 2.26. The molecule has 1 saturated carbocycles. The monoisotopic (exact) mass is 194 g/mol. The molecule has 1 aliphatic carbocycles. The van der Waals surface area contributed by atoms with Crippen LogP contribution in [0.15, 0.2) is 12.4 Å². The third-order valence-electron chi connectivity index (χ3n) is 3.15. The highest BCUT2D eigenvalue weighted by atomic mass is 15.2. The lowest BCUT2D eigenvalue weighted by atomic mass is 9.78. The SMILES string of the molecule is Cn1cc(CC(NN)C2CCC2)cn1. The molecule has 0 saturated heterocycles. The number of aryl methyl sites for hydroxylation is 1. The maximum absolute atomic E-state index is 5.56. The van der Waals surface area contributed by atoms with Gasteiger partial charge < -0.3 is 0 Å². The Kier molecular flexibility index (Phi) is 2.84. The first kappa shape index (κ1) is 9.68. The molecular formula is C10H18N4. The minimum atomic E-state index is 0.424. The van der Waals surface area contributed by atoms with E-state index in [0.29, 0.717) is 6.04 Å². The van der Waals surface area contributed by atoms with Crippen LogP contribution in [-0.4, -0.2) is 15.8 Å². The molecule has 4 nitrogen and oxygen atoms in total. The fraction of sp³-hybridized carbons (Fsp3) is 0.700. The Balaban J connectivity index is 1.93. The third kappa shape index (κ3) is 1.96. The average Bonchev–Trinajstić information content (AvgIpc) is 2.47. The maximum atomic E-state index is 5.56. The largest absolute Gasteiger partial charge is 0.276 e. The normalized spacial score (nSPS) is 19.3. The molecule has 1 aromatic rings. The number of nitrogens with zero attached hydrogens (tertiary/aromatic N) is 2. The van der Waals surface area contributed by atoms with Crippen molar-refractivity contribution < 1.29 is 0 Å². The van der Waals surface area contributed by atoms with Gasteiger partial charge in [-0.15, -0.1) is 0 Å². The van der Waals surface area contributed by atoms with Crippen molar-refractivity contribution in [1.29, 1.82) is 0 Å². The zero-order valence-electron chi connectivity index (χ0n) is 8.61. The molecule has 78 valence electrons. The second-order valence-electron chi connectivity index (χ2n) is 4.19. The van der Waals surface area contributed by atoms with Crippen LogP contribution < -0.4 is 11.3 Å². The highest BCUT2D eigenvalue weighted by molar-refractivity contribution is 5.07. The van der Waals surface area contributed by atoms with Gasteiger partial charge in [0.05, 0.1) is 6.20 Å². The van der Waals surface area contributed by atoms with E-state index in [9.17, 15) is 0 Å². The molecule has 1 heterocycles. The highest BCUT2D eigenvalue weighted by Crippen LogP contribution is 2.30. The van der Waals surface area contributed by atoms with Crippen molar-refractivity contribution in [3.05, 3.63) is 18.0 Å². The van der Waals surface area contributed by atoms with Gasteiger partial charge in [-0.05, 0) is 30.7 Å². The molecule has 1 fully saturated rings. The number of nitrogens with two attached hydrogens (primary N) is 1. The van der Waals surface area contributed by atoms with Crippen molar-refractivity contribution in [2.45, 2.75) is 31.7 Å². The minimum absolute atomic E-state index is 0.424. The zero-order valence-corrected chi connectivity index (χ0v) is 8.61. The fourth-order valence-electron chi connectivity index (χ4n) is 2.04. The lowest BCUT2D eigenvalue weighted by Gasteiger charge is -2.33. The maximum Gasteiger partial charge on any atom is 0.0522 e. The Hall–Kier alpha value is -0.870. The molecule has 0 radical (unpaired) electrons. The summed E-state index contributed by atoms with van der Waals surface area (Å²) in [6.07, 6.45) is 8.96. The van der Waals surface area contributed by atoms with Crippen molar-refractivity contribution >= 4 is 0 Å². The average molecular weight is 194 g/mol. The topological polar surface area (TPSA) is 55.9 Å². The molecule has 1 aliphatic rings. The van der Waals surface area contributed by atoms with E-state index in [0.717, 1.165) is 12.3 Å². The van der Waals surface area contributed by atoms with Crippen molar-refractivity contribution in [3.63, 3.8) is 0 Å². The van der Waals surface area contributed by atoms with Gasteiger partial charge in [-0.3, -0.25) is 16.0 Å². The molecular weight excluding hydrogens is 176 g/mol. The van der Waals surface area contributed by atoms with Crippen LogP contribution in [0, 0.1) is 5.92 Å². The van der Waals surface area contributed by atoms with E-state index in [1.54, 1.807) is 0 Å². The standard InChI is InChI=1S/C10H18N4/c1-14-7-8(6-12-14)5-10(13-11)9-3-2-4-9/h6-7,9-10,13H,2-5,11H2,1H3. The van der Waals surface area contributed by atoms with E-state index in [-0.39, 0.29) is 0 Å². The van der Waals surface area contributed by atoms with Crippen LogP contribution in [-0.2, 0) is 13.5 Å². The first-order valence-corrected chi connectivity index (χ1v) is 5.23. The van der Waals surface area contributed by atoms with E-state index >= 15 is 0 Å². The summed E-state index contributed by atoms with van der Waals surface area (Å²) < 4.78 is 1.84. The smallest absolute Gasteiger partial charge is 0.0522 e. The van der Waals surface area contributed by atoms with E-state index in [1.165, 1.54) is 24.8 Å². The molecule has 1 aromatic heterocycles. The second kappa shape index (κ2) is 4.11. The van der Waals surface area contributed by atoms with Gasteiger partial charge in [0.1, 0.15) is 0 Å². The van der Waals surface area contributed by atoms with Gasteiger partial charge in [-0.2, -0.15) is 5.10 Å². The van der Waals surface area contributed by atoms with Crippen LogP contribution in [0.1, 0.15) is 24.8 Å². The molecule has 2 rings (SSSR count). The Morgan fingerprint density at radius 2 is 2.50 bits per heavy atom. The third-order valence-corrected chi connectivity index (χ3v) is 3.15. The van der Waals surface area contributed by atoms with Gasteiger partial charge in [0, 0.05) is 19.3 Å². The van der Waals surface area contributed by atoms with Crippen LogP contribution in [0.2, 0.25) is 0 Å². The number of nitrogens with one attached hydrogen (secondary N) is 1. The predicted octanol–water partition coefficient (Wildman–Crippen LogP) is 0.595. The van der Waals surface area contributed by atoms with Crippen LogP contribution >= 0.6 is 0 Å². The quantitative estimate of drug-likeness (QED) is 0.545. The molecule has 0 aromatic carbocycles. The molecule has 0 amide bonds. The second-order valence-corrected chi connectivity index (χ2v) is 4.19. The van der Waals surface area contributed by atoms with Gasteiger partial charge in [0.25, 0.3) is 0 Å². The van der Waals surface area contributed by atoms with Gasteiger partial charge in [0.15, 0.2) is 0 Å².